The number of aliphatic hydroxyl groups excluding tert-OH is 1. The summed E-state index contributed by atoms with van der Waals surface area (Å²) in [6.45, 7) is 6.64. The van der Waals surface area contributed by atoms with E-state index < -0.39 is 5.60 Å². The van der Waals surface area contributed by atoms with Crippen LogP contribution in [0.2, 0.25) is 0 Å². The Kier molecular flexibility index (Phi) is 6.63. The Morgan fingerprint density at radius 3 is 2.37 bits per heavy atom. The lowest BCUT2D eigenvalue weighted by Gasteiger charge is -2.29. The number of hydrogen-bond donors (Lipinski definition) is 1. The highest BCUT2D eigenvalue weighted by Crippen LogP contribution is 2.26. The van der Waals surface area contributed by atoms with Gasteiger partial charge in [-0.15, -0.1) is 0 Å². The normalized spacial score (nSPS) is 17.3. The number of carbonyl (C=O) groups is 1. The van der Waals surface area contributed by atoms with E-state index in [4.69, 9.17) is 9.84 Å². The summed E-state index contributed by atoms with van der Waals surface area (Å²) in [5.41, 5.74) is -0.477. The molecule has 0 unspecified atom stereocenters. The van der Waals surface area contributed by atoms with Crippen LogP contribution in [0, 0.1) is 5.92 Å². The zero-order valence-electron chi connectivity index (χ0n) is 12.7. The van der Waals surface area contributed by atoms with E-state index in [-0.39, 0.29) is 12.7 Å². The zero-order chi connectivity index (χ0) is 14.3. The third-order valence-electron chi connectivity index (χ3n) is 3.55. The first-order valence-corrected chi connectivity index (χ1v) is 7.51. The second kappa shape index (κ2) is 7.73. The summed E-state index contributed by atoms with van der Waals surface area (Å²) in [4.78, 5) is 13.7. The van der Waals surface area contributed by atoms with Gasteiger partial charge in [-0.3, -0.25) is 0 Å². The zero-order valence-corrected chi connectivity index (χ0v) is 12.7. The van der Waals surface area contributed by atoms with Crippen LogP contribution in [0.25, 0.3) is 0 Å². The first kappa shape index (κ1) is 16.3. The van der Waals surface area contributed by atoms with Crippen molar-refractivity contribution in [3.63, 3.8) is 0 Å². The van der Waals surface area contributed by atoms with Crippen molar-refractivity contribution in [3.05, 3.63) is 0 Å². The lowest BCUT2D eigenvalue weighted by Crippen LogP contribution is -2.39. The minimum absolute atomic E-state index is 0.0100. The van der Waals surface area contributed by atoms with Crippen molar-refractivity contribution in [3.8, 4) is 0 Å². The minimum atomic E-state index is -0.477. The predicted molar refractivity (Wildman–Crippen MR) is 76.1 cm³/mol. The molecule has 1 aliphatic rings. The van der Waals surface area contributed by atoms with Crippen LogP contribution in [0.15, 0.2) is 0 Å². The summed E-state index contributed by atoms with van der Waals surface area (Å²) >= 11 is 0. The van der Waals surface area contributed by atoms with E-state index in [0.29, 0.717) is 13.1 Å². The molecule has 112 valence electrons. The third-order valence-corrected chi connectivity index (χ3v) is 3.55. The predicted octanol–water partition coefficient (Wildman–Crippen LogP) is 3.19. The highest BCUT2D eigenvalue weighted by molar-refractivity contribution is 5.68. The number of hydrogen-bond acceptors (Lipinski definition) is 3. The molecule has 0 radical (unpaired) electrons. The number of nitrogens with zero attached hydrogens (tertiary/aromatic N) is 1. The van der Waals surface area contributed by atoms with Gasteiger partial charge in [0, 0.05) is 13.1 Å². The number of rotatable bonds is 5. The Morgan fingerprint density at radius 1 is 1.21 bits per heavy atom. The second-order valence-electron chi connectivity index (χ2n) is 6.48. The average molecular weight is 271 g/mol. The SMILES string of the molecule is CC(C)(C)OC(=O)N(CCO)CCC1CCCCC1. The van der Waals surface area contributed by atoms with Gasteiger partial charge in [-0.05, 0) is 33.1 Å². The van der Waals surface area contributed by atoms with Crippen LogP contribution in [0.3, 0.4) is 0 Å². The molecule has 0 heterocycles. The van der Waals surface area contributed by atoms with E-state index in [9.17, 15) is 4.79 Å². The molecule has 19 heavy (non-hydrogen) atoms. The van der Waals surface area contributed by atoms with E-state index >= 15 is 0 Å². The summed E-state index contributed by atoms with van der Waals surface area (Å²) in [6, 6.07) is 0. The molecule has 0 aromatic heterocycles. The number of amides is 1. The molecule has 1 rings (SSSR count). The first-order chi connectivity index (χ1) is 8.92. The number of ether oxygens (including phenoxy) is 1. The van der Waals surface area contributed by atoms with Gasteiger partial charge in [0.05, 0.1) is 6.61 Å². The van der Waals surface area contributed by atoms with Gasteiger partial charge < -0.3 is 14.7 Å². The Morgan fingerprint density at radius 2 is 1.84 bits per heavy atom. The van der Waals surface area contributed by atoms with Crippen molar-refractivity contribution in [2.45, 2.75) is 64.9 Å². The van der Waals surface area contributed by atoms with Gasteiger partial charge in [0.1, 0.15) is 5.60 Å². The van der Waals surface area contributed by atoms with Gasteiger partial charge in [0.25, 0.3) is 0 Å². The summed E-state index contributed by atoms with van der Waals surface area (Å²) in [5.74, 6) is 0.734. The minimum Gasteiger partial charge on any atom is -0.444 e. The molecule has 1 fully saturated rings. The monoisotopic (exact) mass is 271 g/mol. The van der Waals surface area contributed by atoms with E-state index in [1.165, 1.54) is 32.1 Å². The lowest BCUT2D eigenvalue weighted by molar-refractivity contribution is 0.0205. The van der Waals surface area contributed by atoms with Crippen LogP contribution >= 0.6 is 0 Å². The van der Waals surface area contributed by atoms with E-state index in [1.54, 1.807) is 4.90 Å². The molecule has 0 bridgehead atoms. The van der Waals surface area contributed by atoms with E-state index in [0.717, 1.165) is 12.3 Å². The van der Waals surface area contributed by atoms with Crippen molar-refractivity contribution in [1.82, 2.24) is 4.90 Å². The molecule has 0 atom stereocenters. The maximum atomic E-state index is 12.0. The molecular formula is C15H29NO3. The van der Waals surface area contributed by atoms with Gasteiger partial charge in [-0.1, -0.05) is 32.1 Å². The Labute approximate surface area is 117 Å². The highest BCUT2D eigenvalue weighted by atomic mass is 16.6. The highest BCUT2D eigenvalue weighted by Gasteiger charge is 2.23. The molecular weight excluding hydrogens is 242 g/mol. The van der Waals surface area contributed by atoms with Gasteiger partial charge in [0.2, 0.25) is 0 Å². The Bertz CT molecular complexity index is 267. The molecule has 0 aliphatic heterocycles. The van der Waals surface area contributed by atoms with Crippen molar-refractivity contribution in [2.75, 3.05) is 19.7 Å². The van der Waals surface area contributed by atoms with Crippen molar-refractivity contribution >= 4 is 6.09 Å². The topological polar surface area (TPSA) is 49.8 Å². The van der Waals surface area contributed by atoms with Gasteiger partial charge >= 0.3 is 6.09 Å². The maximum absolute atomic E-state index is 12.0. The van der Waals surface area contributed by atoms with Gasteiger partial charge in [-0.2, -0.15) is 0 Å². The fourth-order valence-electron chi connectivity index (χ4n) is 2.56. The summed E-state index contributed by atoms with van der Waals surface area (Å²) in [7, 11) is 0. The Hall–Kier alpha value is -0.770. The second-order valence-corrected chi connectivity index (χ2v) is 6.48. The van der Waals surface area contributed by atoms with E-state index in [2.05, 4.69) is 0 Å². The molecule has 0 aromatic rings. The summed E-state index contributed by atoms with van der Waals surface area (Å²) in [6.07, 6.45) is 7.26. The molecule has 1 amide bonds. The van der Waals surface area contributed by atoms with Crippen LogP contribution in [0.4, 0.5) is 4.79 Å². The molecule has 1 N–H and O–H groups in total. The fourth-order valence-corrected chi connectivity index (χ4v) is 2.56. The van der Waals surface area contributed by atoms with Gasteiger partial charge in [0.15, 0.2) is 0 Å². The molecule has 0 aromatic carbocycles. The molecule has 1 saturated carbocycles. The Balaban J connectivity index is 2.40. The standard InChI is InChI=1S/C15H29NO3/c1-15(2,3)19-14(18)16(11-12-17)10-9-13-7-5-4-6-8-13/h13,17H,4-12H2,1-3H3. The largest absolute Gasteiger partial charge is 0.444 e. The molecule has 4 nitrogen and oxygen atoms in total. The quantitative estimate of drug-likeness (QED) is 0.835. The molecule has 0 saturated heterocycles. The van der Waals surface area contributed by atoms with Crippen LogP contribution in [0.1, 0.15) is 59.3 Å². The van der Waals surface area contributed by atoms with Crippen LogP contribution in [0.5, 0.6) is 0 Å². The van der Waals surface area contributed by atoms with Gasteiger partial charge in [-0.25, -0.2) is 4.79 Å². The van der Waals surface area contributed by atoms with Crippen molar-refractivity contribution in [2.24, 2.45) is 5.92 Å². The fraction of sp³-hybridized carbons (Fsp3) is 0.933. The number of carbonyl (C=O) groups excluding carboxylic acids is 1. The lowest BCUT2D eigenvalue weighted by atomic mass is 9.87. The third kappa shape index (κ3) is 6.81. The van der Waals surface area contributed by atoms with E-state index in [1.807, 2.05) is 20.8 Å². The smallest absolute Gasteiger partial charge is 0.410 e. The number of aliphatic hydroxyl groups is 1. The van der Waals surface area contributed by atoms with Crippen LogP contribution in [-0.2, 0) is 4.74 Å². The van der Waals surface area contributed by atoms with Crippen molar-refractivity contribution in [1.29, 1.82) is 0 Å². The molecule has 0 spiro atoms. The average Bonchev–Trinajstić information content (AvgIpc) is 2.33. The van der Waals surface area contributed by atoms with Crippen molar-refractivity contribution < 1.29 is 14.6 Å². The summed E-state index contributed by atoms with van der Waals surface area (Å²) in [5, 5.41) is 9.07. The summed E-state index contributed by atoms with van der Waals surface area (Å²) < 4.78 is 5.37. The molecule has 4 heteroatoms. The van der Waals surface area contributed by atoms with Crippen LogP contribution in [-0.4, -0.2) is 41.4 Å². The van der Waals surface area contributed by atoms with Crippen LogP contribution < -0.4 is 0 Å². The maximum Gasteiger partial charge on any atom is 0.410 e. The molecule has 1 aliphatic carbocycles. The first-order valence-electron chi connectivity index (χ1n) is 7.51.